The van der Waals surface area contributed by atoms with Crippen LogP contribution in [0.3, 0.4) is 0 Å². The van der Waals surface area contributed by atoms with E-state index in [2.05, 4.69) is 30.5 Å². The SMILES string of the molecule is Cc1cnc2nc(NC3=NC4(CN3)CN3CCC4CC3)sc2n1. The largest absolute Gasteiger partial charge is 0.354 e. The predicted molar refractivity (Wildman–Crippen MR) is 90.9 cm³/mol. The van der Waals surface area contributed by atoms with Crippen LogP contribution in [0, 0.1) is 12.8 Å². The lowest BCUT2D eigenvalue weighted by molar-refractivity contribution is 0.0374. The maximum atomic E-state index is 5.02. The fourth-order valence-corrected chi connectivity index (χ4v) is 4.88. The molecule has 1 spiro atoms. The molecular formula is C15H19N7S. The Bertz CT molecular complexity index is 792. The number of guanidine groups is 1. The van der Waals surface area contributed by atoms with Gasteiger partial charge in [-0.3, -0.25) is 0 Å². The quantitative estimate of drug-likeness (QED) is 0.819. The molecular weight excluding hydrogens is 310 g/mol. The summed E-state index contributed by atoms with van der Waals surface area (Å²) < 4.78 is 0. The zero-order chi connectivity index (χ0) is 15.4. The van der Waals surface area contributed by atoms with Gasteiger partial charge in [-0.05, 0) is 38.8 Å². The first kappa shape index (κ1) is 13.6. The Morgan fingerprint density at radius 1 is 1.35 bits per heavy atom. The summed E-state index contributed by atoms with van der Waals surface area (Å²) in [7, 11) is 0. The first-order valence-corrected chi connectivity index (χ1v) is 8.95. The van der Waals surface area contributed by atoms with E-state index in [0.717, 1.165) is 34.7 Å². The molecule has 1 unspecified atom stereocenters. The minimum absolute atomic E-state index is 0.0581. The van der Waals surface area contributed by atoms with E-state index in [1.54, 1.807) is 6.20 Å². The number of piperidine rings is 3. The zero-order valence-corrected chi connectivity index (χ0v) is 13.9. The van der Waals surface area contributed by atoms with E-state index in [1.165, 1.54) is 37.3 Å². The van der Waals surface area contributed by atoms with E-state index in [1.807, 2.05) is 6.92 Å². The molecule has 4 aliphatic heterocycles. The second-order valence-corrected chi connectivity index (χ2v) is 7.73. The minimum atomic E-state index is 0.0581. The molecule has 6 heterocycles. The molecule has 2 bridgehead atoms. The van der Waals surface area contributed by atoms with Gasteiger partial charge in [-0.25, -0.2) is 15.0 Å². The van der Waals surface area contributed by atoms with Gasteiger partial charge in [0.1, 0.15) is 0 Å². The molecule has 0 aliphatic carbocycles. The van der Waals surface area contributed by atoms with Gasteiger partial charge in [0, 0.05) is 13.1 Å². The van der Waals surface area contributed by atoms with Crippen LogP contribution in [0.15, 0.2) is 11.2 Å². The van der Waals surface area contributed by atoms with Crippen LogP contribution in [0.2, 0.25) is 0 Å². The van der Waals surface area contributed by atoms with Crippen molar-refractivity contribution in [2.75, 3.05) is 31.5 Å². The normalized spacial score (nSPS) is 32.3. The van der Waals surface area contributed by atoms with E-state index in [4.69, 9.17) is 4.99 Å². The molecule has 6 rings (SSSR count). The Morgan fingerprint density at radius 3 is 3.00 bits per heavy atom. The van der Waals surface area contributed by atoms with Crippen molar-refractivity contribution in [3.63, 3.8) is 0 Å². The summed E-state index contributed by atoms with van der Waals surface area (Å²) in [5, 5.41) is 7.57. The third-order valence-corrected chi connectivity index (χ3v) is 6.06. The van der Waals surface area contributed by atoms with Gasteiger partial charge in [-0.15, -0.1) is 0 Å². The van der Waals surface area contributed by atoms with E-state index in [0.29, 0.717) is 11.6 Å². The van der Waals surface area contributed by atoms with Crippen molar-refractivity contribution in [2.45, 2.75) is 25.3 Å². The highest BCUT2D eigenvalue weighted by molar-refractivity contribution is 7.21. The topological polar surface area (TPSA) is 78.3 Å². The number of anilines is 1. The Kier molecular flexibility index (Phi) is 2.87. The van der Waals surface area contributed by atoms with Crippen molar-refractivity contribution in [3.8, 4) is 0 Å². The van der Waals surface area contributed by atoms with Crippen LogP contribution in [0.1, 0.15) is 18.5 Å². The first-order chi connectivity index (χ1) is 11.2. The molecule has 3 saturated heterocycles. The van der Waals surface area contributed by atoms with Crippen LogP contribution in [0.4, 0.5) is 5.13 Å². The van der Waals surface area contributed by atoms with Gasteiger partial charge in [-0.2, -0.15) is 4.98 Å². The van der Waals surface area contributed by atoms with Crippen molar-refractivity contribution in [3.05, 3.63) is 11.9 Å². The Balaban J connectivity index is 1.40. The lowest BCUT2D eigenvalue weighted by Crippen LogP contribution is -2.59. The number of hydrogen-bond acceptors (Lipinski definition) is 8. The van der Waals surface area contributed by atoms with Gasteiger partial charge in [0.05, 0.1) is 17.4 Å². The van der Waals surface area contributed by atoms with Crippen molar-refractivity contribution < 1.29 is 0 Å². The van der Waals surface area contributed by atoms with Crippen LogP contribution in [0.25, 0.3) is 10.5 Å². The maximum absolute atomic E-state index is 5.02. The second-order valence-electron chi connectivity index (χ2n) is 6.75. The third-order valence-electron chi connectivity index (χ3n) is 5.21. The summed E-state index contributed by atoms with van der Waals surface area (Å²) in [6, 6.07) is 0. The van der Waals surface area contributed by atoms with Gasteiger partial charge in [0.15, 0.2) is 21.6 Å². The van der Waals surface area contributed by atoms with Crippen LogP contribution >= 0.6 is 11.3 Å². The van der Waals surface area contributed by atoms with Gasteiger partial charge >= 0.3 is 0 Å². The van der Waals surface area contributed by atoms with Crippen molar-refractivity contribution in [1.29, 1.82) is 0 Å². The van der Waals surface area contributed by atoms with Crippen molar-refractivity contribution >= 4 is 32.9 Å². The summed E-state index contributed by atoms with van der Waals surface area (Å²) in [6.07, 6.45) is 4.29. The fourth-order valence-electron chi connectivity index (χ4n) is 4.04. The van der Waals surface area contributed by atoms with E-state index < -0.39 is 0 Å². The number of rotatable bonds is 1. The fraction of sp³-hybridized carbons (Fsp3) is 0.600. The molecule has 4 aliphatic rings. The minimum Gasteiger partial charge on any atom is -0.354 e. The molecule has 3 fully saturated rings. The number of hydrogen-bond donors (Lipinski definition) is 2. The smallest absolute Gasteiger partial charge is 0.198 e. The van der Waals surface area contributed by atoms with E-state index in [-0.39, 0.29) is 5.54 Å². The zero-order valence-electron chi connectivity index (χ0n) is 13.0. The number of aromatic nitrogens is 3. The van der Waals surface area contributed by atoms with Crippen LogP contribution in [-0.4, -0.2) is 57.5 Å². The summed E-state index contributed by atoms with van der Waals surface area (Å²) in [5.41, 5.74) is 1.66. The molecule has 2 aromatic rings. The maximum Gasteiger partial charge on any atom is 0.198 e. The summed E-state index contributed by atoms with van der Waals surface area (Å²) >= 11 is 1.52. The van der Waals surface area contributed by atoms with Gasteiger partial charge in [0.25, 0.3) is 0 Å². The average Bonchev–Trinajstić information content (AvgIpc) is 3.12. The van der Waals surface area contributed by atoms with E-state index >= 15 is 0 Å². The predicted octanol–water partition coefficient (Wildman–Crippen LogP) is 1.23. The van der Waals surface area contributed by atoms with Crippen molar-refractivity contribution in [1.82, 2.24) is 25.2 Å². The molecule has 8 heteroatoms. The molecule has 0 amide bonds. The number of aryl methyl sites for hydroxylation is 1. The molecule has 23 heavy (non-hydrogen) atoms. The second kappa shape index (κ2) is 4.85. The van der Waals surface area contributed by atoms with Crippen LogP contribution in [0.5, 0.6) is 0 Å². The summed E-state index contributed by atoms with van der Waals surface area (Å²) in [6.45, 7) is 6.42. The Labute approximate surface area is 138 Å². The number of thiazole rings is 1. The number of fused-ring (bicyclic) bond motifs is 3. The molecule has 2 aromatic heterocycles. The highest BCUT2D eigenvalue weighted by Gasteiger charge is 2.49. The van der Waals surface area contributed by atoms with Crippen LogP contribution < -0.4 is 10.6 Å². The highest BCUT2D eigenvalue weighted by atomic mass is 32.1. The van der Waals surface area contributed by atoms with Gasteiger partial charge in [-0.1, -0.05) is 11.3 Å². The lowest BCUT2D eigenvalue weighted by Gasteiger charge is -2.49. The molecule has 120 valence electrons. The molecule has 0 saturated carbocycles. The molecule has 7 nitrogen and oxygen atoms in total. The molecule has 0 radical (unpaired) electrons. The lowest BCUT2D eigenvalue weighted by atomic mass is 9.73. The van der Waals surface area contributed by atoms with E-state index in [9.17, 15) is 0 Å². The summed E-state index contributed by atoms with van der Waals surface area (Å²) in [5.74, 6) is 1.55. The Morgan fingerprint density at radius 2 is 2.22 bits per heavy atom. The standard InChI is InChI=1S/C15H19N7S/c1-9-6-16-11-12(18-9)23-14(19-11)20-13-17-7-15(21-13)8-22-4-2-10(15)3-5-22/h6,10H,2-5,7-8H2,1H3,(H2,16,17,19,20,21). The summed E-state index contributed by atoms with van der Waals surface area (Å²) in [4.78, 5) is 21.7. The number of nitrogens with zero attached hydrogens (tertiary/aromatic N) is 5. The van der Waals surface area contributed by atoms with Crippen molar-refractivity contribution in [2.24, 2.45) is 10.9 Å². The monoisotopic (exact) mass is 329 g/mol. The molecule has 1 atom stereocenters. The highest BCUT2D eigenvalue weighted by Crippen LogP contribution is 2.39. The number of aliphatic imine (C=N–C) groups is 1. The average molecular weight is 329 g/mol. The number of nitrogens with one attached hydrogen (secondary N) is 2. The Hall–Kier alpha value is -1.80. The van der Waals surface area contributed by atoms with Gasteiger partial charge in [0.2, 0.25) is 0 Å². The van der Waals surface area contributed by atoms with Crippen LogP contribution in [-0.2, 0) is 0 Å². The third kappa shape index (κ3) is 2.20. The molecule has 0 aromatic carbocycles. The van der Waals surface area contributed by atoms with Gasteiger partial charge < -0.3 is 15.5 Å². The molecule has 2 N–H and O–H groups in total. The first-order valence-electron chi connectivity index (χ1n) is 8.13.